The molecule has 0 rings (SSSR count). The summed E-state index contributed by atoms with van der Waals surface area (Å²) in [5.74, 6) is 2.43. The lowest BCUT2D eigenvalue weighted by Crippen LogP contribution is -2.39. The fourth-order valence-corrected chi connectivity index (χ4v) is 1.02. The normalized spacial score (nSPS) is 9.69. The maximum atomic E-state index is 11.2. The topological polar surface area (TPSA) is 41.1 Å². The second-order valence-corrected chi connectivity index (χ2v) is 2.89. The number of carbonyl (C=O) groups excluding carboxylic acids is 1. The molecule has 74 valence electrons. The van der Waals surface area contributed by atoms with E-state index in [0.717, 1.165) is 12.8 Å². The molecule has 0 fully saturated rings. The lowest BCUT2D eigenvalue weighted by Gasteiger charge is -2.14. The van der Waals surface area contributed by atoms with E-state index < -0.39 is 0 Å². The van der Waals surface area contributed by atoms with Crippen LogP contribution in [0, 0.1) is 12.3 Å². The monoisotopic (exact) mass is 182 g/mol. The zero-order valence-electron chi connectivity index (χ0n) is 8.39. The third-order valence-corrected chi connectivity index (χ3v) is 1.86. The average molecular weight is 182 g/mol. The Hall–Kier alpha value is -1.01. The molecule has 0 aliphatic carbocycles. The molecule has 0 aliphatic rings. The first-order valence-electron chi connectivity index (χ1n) is 4.68. The van der Waals surface area contributed by atoms with E-state index in [-0.39, 0.29) is 5.91 Å². The van der Waals surface area contributed by atoms with Gasteiger partial charge >= 0.3 is 0 Å². The van der Waals surface area contributed by atoms with Gasteiger partial charge in [0.2, 0.25) is 5.91 Å². The van der Waals surface area contributed by atoms with E-state index in [1.807, 2.05) is 0 Å². The molecule has 0 radical (unpaired) electrons. The van der Waals surface area contributed by atoms with Crippen molar-refractivity contribution in [1.82, 2.24) is 10.6 Å². The van der Waals surface area contributed by atoms with Crippen LogP contribution in [-0.2, 0) is 4.79 Å². The quantitative estimate of drug-likeness (QED) is 0.464. The average Bonchev–Trinajstić information content (AvgIpc) is 2.14. The molecule has 0 bridgehead atoms. The molecule has 0 saturated carbocycles. The predicted molar refractivity (Wildman–Crippen MR) is 54.2 cm³/mol. The van der Waals surface area contributed by atoms with Gasteiger partial charge < -0.3 is 5.32 Å². The van der Waals surface area contributed by atoms with Gasteiger partial charge in [-0.05, 0) is 12.8 Å². The van der Waals surface area contributed by atoms with Crippen LogP contribution in [0.4, 0.5) is 0 Å². The minimum absolute atomic E-state index is 0.0175. The largest absolute Gasteiger partial charge is 0.352 e. The van der Waals surface area contributed by atoms with Crippen LogP contribution in [0.15, 0.2) is 0 Å². The Balaban J connectivity index is 3.55. The molecule has 0 spiro atoms. The van der Waals surface area contributed by atoms with Gasteiger partial charge in [-0.2, -0.15) is 0 Å². The molecule has 0 unspecified atom stereocenters. The summed E-state index contributed by atoms with van der Waals surface area (Å²) in [6.45, 7) is 4.86. The molecule has 0 saturated heterocycles. The highest BCUT2D eigenvalue weighted by molar-refractivity contribution is 5.78. The van der Waals surface area contributed by atoms with Crippen molar-refractivity contribution in [2.75, 3.05) is 13.1 Å². The van der Waals surface area contributed by atoms with Gasteiger partial charge in [0.1, 0.15) is 0 Å². The lowest BCUT2D eigenvalue weighted by molar-refractivity contribution is -0.120. The third kappa shape index (κ3) is 6.18. The van der Waals surface area contributed by atoms with Gasteiger partial charge in [0.15, 0.2) is 0 Å². The maximum Gasteiger partial charge on any atom is 0.234 e. The zero-order valence-corrected chi connectivity index (χ0v) is 8.39. The first kappa shape index (κ1) is 12.0. The minimum atomic E-state index is 0.0175. The molecule has 0 aliphatic heterocycles. The Morgan fingerprint density at radius 3 is 2.54 bits per heavy atom. The number of rotatable bonds is 6. The lowest BCUT2D eigenvalue weighted by atomic mass is 10.2. The van der Waals surface area contributed by atoms with Gasteiger partial charge in [0, 0.05) is 6.04 Å². The molecule has 0 aromatic carbocycles. The Labute approximate surface area is 80.3 Å². The standard InChI is InChI=1S/C10H18N2O/c1-4-7-11-8-10(13)12-9(5-2)6-3/h1,9,11H,5-8H2,2-3H3,(H,12,13). The molecule has 0 heterocycles. The van der Waals surface area contributed by atoms with Crippen LogP contribution in [0.1, 0.15) is 26.7 Å². The molecule has 0 aromatic rings. The van der Waals surface area contributed by atoms with Crippen LogP contribution in [0.3, 0.4) is 0 Å². The van der Waals surface area contributed by atoms with Crippen molar-refractivity contribution in [1.29, 1.82) is 0 Å². The predicted octanol–water partition coefficient (Wildman–Crippen LogP) is 0.514. The fraction of sp³-hybridized carbons (Fsp3) is 0.700. The van der Waals surface area contributed by atoms with Crippen molar-refractivity contribution >= 4 is 5.91 Å². The first-order chi connectivity index (χ1) is 6.24. The third-order valence-electron chi connectivity index (χ3n) is 1.86. The Morgan fingerprint density at radius 1 is 1.46 bits per heavy atom. The zero-order chi connectivity index (χ0) is 10.1. The highest BCUT2D eigenvalue weighted by Gasteiger charge is 2.06. The van der Waals surface area contributed by atoms with Crippen LogP contribution in [0.5, 0.6) is 0 Å². The second-order valence-electron chi connectivity index (χ2n) is 2.89. The molecule has 0 atom stereocenters. The van der Waals surface area contributed by atoms with Crippen LogP contribution in [0.2, 0.25) is 0 Å². The summed E-state index contributed by atoms with van der Waals surface area (Å²) in [5.41, 5.74) is 0. The molecule has 2 N–H and O–H groups in total. The highest BCUT2D eigenvalue weighted by Crippen LogP contribution is 1.94. The summed E-state index contributed by atoms with van der Waals surface area (Å²) in [5, 5.41) is 5.75. The molecule has 3 heteroatoms. The summed E-state index contributed by atoms with van der Waals surface area (Å²) in [6.07, 6.45) is 6.96. The summed E-state index contributed by atoms with van der Waals surface area (Å²) in [4.78, 5) is 11.2. The highest BCUT2D eigenvalue weighted by atomic mass is 16.1. The SMILES string of the molecule is C#CCNCC(=O)NC(CC)CC. The number of hydrogen-bond donors (Lipinski definition) is 2. The van der Waals surface area contributed by atoms with Gasteiger partial charge in [0.25, 0.3) is 0 Å². The van der Waals surface area contributed by atoms with E-state index in [1.165, 1.54) is 0 Å². The van der Waals surface area contributed by atoms with Crippen LogP contribution >= 0.6 is 0 Å². The van der Waals surface area contributed by atoms with Crippen molar-refractivity contribution < 1.29 is 4.79 Å². The van der Waals surface area contributed by atoms with Gasteiger partial charge in [-0.15, -0.1) is 6.42 Å². The summed E-state index contributed by atoms with van der Waals surface area (Å²) >= 11 is 0. The molecular formula is C10H18N2O. The van der Waals surface area contributed by atoms with Gasteiger partial charge in [0.05, 0.1) is 13.1 Å². The number of nitrogens with one attached hydrogen (secondary N) is 2. The molecule has 1 amide bonds. The fourth-order valence-electron chi connectivity index (χ4n) is 1.02. The van der Waals surface area contributed by atoms with E-state index in [9.17, 15) is 4.79 Å². The van der Waals surface area contributed by atoms with Crippen LogP contribution in [-0.4, -0.2) is 25.0 Å². The molecule has 13 heavy (non-hydrogen) atoms. The number of terminal acetylenes is 1. The van der Waals surface area contributed by atoms with E-state index in [0.29, 0.717) is 19.1 Å². The van der Waals surface area contributed by atoms with E-state index in [1.54, 1.807) is 0 Å². The maximum absolute atomic E-state index is 11.2. The number of hydrogen-bond acceptors (Lipinski definition) is 2. The Morgan fingerprint density at radius 2 is 2.08 bits per heavy atom. The Kier molecular flexibility index (Phi) is 7.04. The van der Waals surface area contributed by atoms with Gasteiger partial charge in [-0.1, -0.05) is 19.8 Å². The van der Waals surface area contributed by atoms with Gasteiger partial charge in [-0.25, -0.2) is 0 Å². The van der Waals surface area contributed by atoms with E-state index in [2.05, 4.69) is 30.4 Å². The summed E-state index contributed by atoms with van der Waals surface area (Å²) in [7, 11) is 0. The van der Waals surface area contributed by atoms with E-state index in [4.69, 9.17) is 6.42 Å². The molecule has 3 nitrogen and oxygen atoms in total. The van der Waals surface area contributed by atoms with E-state index >= 15 is 0 Å². The summed E-state index contributed by atoms with van der Waals surface area (Å²) < 4.78 is 0. The smallest absolute Gasteiger partial charge is 0.234 e. The number of carbonyl (C=O) groups is 1. The van der Waals surface area contributed by atoms with Gasteiger partial charge in [-0.3, -0.25) is 10.1 Å². The van der Waals surface area contributed by atoms with Crippen LogP contribution in [0.25, 0.3) is 0 Å². The Bertz CT molecular complexity index is 180. The van der Waals surface area contributed by atoms with Crippen molar-refractivity contribution in [3.05, 3.63) is 0 Å². The first-order valence-corrected chi connectivity index (χ1v) is 4.68. The minimum Gasteiger partial charge on any atom is -0.352 e. The van der Waals surface area contributed by atoms with Crippen molar-refractivity contribution in [2.45, 2.75) is 32.7 Å². The van der Waals surface area contributed by atoms with Crippen molar-refractivity contribution in [2.24, 2.45) is 0 Å². The van der Waals surface area contributed by atoms with Crippen molar-refractivity contribution in [3.8, 4) is 12.3 Å². The second kappa shape index (κ2) is 7.63. The summed E-state index contributed by atoms with van der Waals surface area (Å²) in [6, 6.07) is 0.292. The molecular weight excluding hydrogens is 164 g/mol. The molecule has 0 aromatic heterocycles. The van der Waals surface area contributed by atoms with Crippen molar-refractivity contribution in [3.63, 3.8) is 0 Å². The number of amides is 1. The van der Waals surface area contributed by atoms with Crippen LogP contribution < -0.4 is 10.6 Å².